The summed E-state index contributed by atoms with van der Waals surface area (Å²) in [6.07, 6.45) is -2.44. The summed E-state index contributed by atoms with van der Waals surface area (Å²) in [7, 11) is 0. The number of hydrogen-bond donors (Lipinski definition) is 1. The molecule has 6 heteroatoms. The van der Waals surface area contributed by atoms with Crippen molar-refractivity contribution >= 4 is 15.9 Å². The highest BCUT2D eigenvalue weighted by Gasteiger charge is 2.39. The lowest BCUT2D eigenvalue weighted by molar-refractivity contribution is -0.140. The van der Waals surface area contributed by atoms with Gasteiger partial charge in [0, 0.05) is 22.4 Å². The second-order valence-corrected chi connectivity index (χ2v) is 5.41. The van der Waals surface area contributed by atoms with Gasteiger partial charge in [-0.05, 0) is 30.7 Å². The molecule has 2 nitrogen and oxygen atoms in total. The average Bonchev–Trinajstić information content (AvgIpc) is 2.38. The van der Waals surface area contributed by atoms with E-state index in [0.717, 1.165) is 22.9 Å². The zero-order valence-electron chi connectivity index (χ0n) is 10.4. The van der Waals surface area contributed by atoms with Gasteiger partial charge in [0.2, 0.25) is 0 Å². The minimum Gasteiger partial charge on any atom is -0.381 e. The zero-order chi connectivity index (χ0) is 15.0. The van der Waals surface area contributed by atoms with Gasteiger partial charge in [-0.3, -0.25) is 4.98 Å². The monoisotopic (exact) mass is 345 g/mol. The highest BCUT2D eigenvalue weighted by molar-refractivity contribution is 9.10. The van der Waals surface area contributed by atoms with E-state index in [4.69, 9.17) is 0 Å². The lowest BCUT2D eigenvalue weighted by atomic mass is 9.86. The van der Waals surface area contributed by atoms with Gasteiger partial charge in [0.15, 0.2) is 0 Å². The number of hydrogen-bond acceptors (Lipinski definition) is 2. The van der Waals surface area contributed by atoms with Crippen LogP contribution in [0.4, 0.5) is 13.2 Å². The first-order valence-electron chi connectivity index (χ1n) is 5.73. The molecule has 0 aliphatic heterocycles. The van der Waals surface area contributed by atoms with Crippen LogP contribution in [0.25, 0.3) is 0 Å². The molecule has 0 aliphatic rings. The first-order valence-corrected chi connectivity index (χ1v) is 6.52. The van der Waals surface area contributed by atoms with Crippen molar-refractivity contribution in [1.29, 1.82) is 0 Å². The van der Waals surface area contributed by atoms with E-state index in [1.165, 1.54) is 6.92 Å². The predicted octanol–water partition coefficient (Wildman–Crippen LogP) is 4.12. The van der Waals surface area contributed by atoms with Gasteiger partial charge in [-0.15, -0.1) is 0 Å². The third-order valence-electron chi connectivity index (χ3n) is 3.06. The number of benzene rings is 1. The molecule has 2 aromatic rings. The highest BCUT2D eigenvalue weighted by atomic mass is 79.9. The van der Waals surface area contributed by atoms with Crippen LogP contribution in [0.1, 0.15) is 23.6 Å². The van der Waals surface area contributed by atoms with Crippen LogP contribution in [0.2, 0.25) is 0 Å². The summed E-state index contributed by atoms with van der Waals surface area (Å²) >= 11 is 3.24. The van der Waals surface area contributed by atoms with Crippen molar-refractivity contribution in [3.8, 4) is 0 Å². The fourth-order valence-electron chi connectivity index (χ4n) is 1.96. The molecule has 1 heterocycles. The zero-order valence-corrected chi connectivity index (χ0v) is 12.0. The number of aliphatic hydroxyl groups is 1. The van der Waals surface area contributed by atoms with Crippen molar-refractivity contribution in [2.45, 2.75) is 18.7 Å². The normalized spacial score (nSPS) is 14.9. The predicted molar refractivity (Wildman–Crippen MR) is 72.1 cm³/mol. The third kappa shape index (κ3) is 2.86. The number of nitrogens with zero attached hydrogens (tertiary/aromatic N) is 1. The Morgan fingerprint density at radius 1 is 1.05 bits per heavy atom. The molecule has 0 radical (unpaired) electrons. The number of alkyl halides is 3. The van der Waals surface area contributed by atoms with E-state index in [9.17, 15) is 18.3 Å². The maximum absolute atomic E-state index is 13.0. The highest BCUT2D eigenvalue weighted by Crippen LogP contribution is 2.39. The number of aromatic nitrogens is 1. The molecule has 1 N–H and O–H groups in total. The lowest BCUT2D eigenvalue weighted by Gasteiger charge is -2.27. The van der Waals surface area contributed by atoms with Crippen molar-refractivity contribution in [1.82, 2.24) is 4.98 Å². The average molecular weight is 346 g/mol. The van der Waals surface area contributed by atoms with E-state index in [2.05, 4.69) is 20.9 Å². The first kappa shape index (κ1) is 15.0. The maximum Gasteiger partial charge on any atom is 0.416 e. The Bertz CT molecular complexity index is 609. The molecule has 0 aliphatic carbocycles. The summed E-state index contributed by atoms with van der Waals surface area (Å²) in [5, 5.41) is 10.5. The molecule has 106 valence electrons. The molecule has 0 fully saturated rings. The quantitative estimate of drug-likeness (QED) is 0.888. The topological polar surface area (TPSA) is 33.1 Å². The molecule has 1 aromatic heterocycles. The van der Waals surface area contributed by atoms with Crippen LogP contribution in [0.3, 0.4) is 0 Å². The summed E-state index contributed by atoms with van der Waals surface area (Å²) < 4.78 is 39.8. The molecule has 0 saturated heterocycles. The van der Waals surface area contributed by atoms with Crippen molar-refractivity contribution in [2.24, 2.45) is 0 Å². The van der Waals surface area contributed by atoms with Crippen LogP contribution >= 0.6 is 15.9 Å². The fraction of sp³-hybridized carbons (Fsp3) is 0.214. The van der Waals surface area contributed by atoms with E-state index in [1.54, 1.807) is 24.3 Å². The minimum absolute atomic E-state index is 0.269. The molecule has 1 aromatic carbocycles. The Hall–Kier alpha value is -1.40. The maximum atomic E-state index is 13.0. The van der Waals surface area contributed by atoms with Crippen LogP contribution in [0, 0.1) is 0 Å². The molecule has 0 saturated carbocycles. The number of rotatable bonds is 2. The Kier molecular flexibility index (Phi) is 3.88. The molecule has 20 heavy (non-hydrogen) atoms. The SMILES string of the molecule is CC(O)(c1ccc(Br)cc1)c1cnccc1C(F)(F)F. The summed E-state index contributed by atoms with van der Waals surface area (Å²) in [6.45, 7) is 1.32. The molecule has 2 rings (SSSR count). The molecule has 1 atom stereocenters. The minimum atomic E-state index is -4.54. The first-order chi connectivity index (χ1) is 9.23. The fourth-order valence-corrected chi connectivity index (χ4v) is 2.22. The van der Waals surface area contributed by atoms with Gasteiger partial charge < -0.3 is 5.11 Å². The molecule has 1 unspecified atom stereocenters. The largest absolute Gasteiger partial charge is 0.416 e. The number of halogens is 4. The molecular weight excluding hydrogens is 335 g/mol. The van der Waals surface area contributed by atoms with Crippen LogP contribution in [-0.4, -0.2) is 10.1 Å². The van der Waals surface area contributed by atoms with Crippen molar-refractivity contribution in [3.63, 3.8) is 0 Å². The summed E-state index contributed by atoms with van der Waals surface area (Å²) in [4.78, 5) is 3.70. The van der Waals surface area contributed by atoms with Crippen molar-refractivity contribution in [3.05, 3.63) is 63.9 Å². The van der Waals surface area contributed by atoms with Crippen molar-refractivity contribution < 1.29 is 18.3 Å². The van der Waals surface area contributed by atoms with E-state index in [-0.39, 0.29) is 5.56 Å². The van der Waals surface area contributed by atoms with E-state index in [1.807, 2.05) is 0 Å². The van der Waals surface area contributed by atoms with E-state index in [0.29, 0.717) is 5.56 Å². The Morgan fingerprint density at radius 3 is 2.20 bits per heavy atom. The second-order valence-electron chi connectivity index (χ2n) is 4.50. The smallest absolute Gasteiger partial charge is 0.381 e. The third-order valence-corrected chi connectivity index (χ3v) is 3.59. The lowest BCUT2D eigenvalue weighted by Crippen LogP contribution is -2.27. The second kappa shape index (κ2) is 5.18. The van der Waals surface area contributed by atoms with E-state index >= 15 is 0 Å². The van der Waals surface area contributed by atoms with Crippen LogP contribution in [-0.2, 0) is 11.8 Å². The van der Waals surface area contributed by atoms with Crippen LogP contribution < -0.4 is 0 Å². The van der Waals surface area contributed by atoms with Crippen LogP contribution in [0.15, 0.2) is 47.2 Å². The molecular formula is C14H11BrF3NO. The van der Waals surface area contributed by atoms with E-state index < -0.39 is 17.3 Å². The molecule has 0 spiro atoms. The molecule has 0 bridgehead atoms. The summed E-state index contributed by atoms with van der Waals surface area (Å²) in [5.74, 6) is 0. The van der Waals surface area contributed by atoms with Gasteiger partial charge in [-0.1, -0.05) is 28.1 Å². The van der Waals surface area contributed by atoms with Gasteiger partial charge in [-0.25, -0.2) is 0 Å². The van der Waals surface area contributed by atoms with Crippen molar-refractivity contribution in [2.75, 3.05) is 0 Å². The summed E-state index contributed by atoms with van der Waals surface area (Å²) in [5.41, 5.74) is -2.57. The van der Waals surface area contributed by atoms with Gasteiger partial charge >= 0.3 is 6.18 Å². The van der Waals surface area contributed by atoms with Gasteiger partial charge in [0.05, 0.1) is 5.56 Å². The van der Waals surface area contributed by atoms with Crippen LogP contribution in [0.5, 0.6) is 0 Å². The van der Waals surface area contributed by atoms with Gasteiger partial charge in [0.1, 0.15) is 5.60 Å². The Morgan fingerprint density at radius 2 is 1.65 bits per heavy atom. The number of pyridine rings is 1. The Balaban J connectivity index is 2.57. The molecule has 0 amide bonds. The summed E-state index contributed by atoms with van der Waals surface area (Å²) in [6, 6.07) is 7.32. The Labute approximate surface area is 122 Å². The standard InChI is InChI=1S/C14H11BrF3NO/c1-13(20,9-2-4-10(15)5-3-9)12-8-19-7-6-11(12)14(16,17)18/h2-8,20H,1H3. The van der Waals surface area contributed by atoms with Gasteiger partial charge in [0.25, 0.3) is 0 Å². The van der Waals surface area contributed by atoms with Gasteiger partial charge in [-0.2, -0.15) is 13.2 Å².